The number of benzene rings is 1. The normalized spacial score (nSPS) is 24.1. The molecule has 4 heteroatoms. The predicted octanol–water partition coefficient (Wildman–Crippen LogP) is 3.11. The number of anilines is 1. The molecule has 1 saturated heterocycles. The van der Waals surface area contributed by atoms with Crippen molar-refractivity contribution in [1.82, 2.24) is 0 Å². The summed E-state index contributed by atoms with van der Waals surface area (Å²) in [6.45, 7) is 6.65. The van der Waals surface area contributed by atoms with Crippen molar-refractivity contribution in [2.75, 3.05) is 18.0 Å². The number of hydrogen-bond donors (Lipinski definition) is 2. The lowest BCUT2D eigenvalue weighted by Crippen LogP contribution is -2.38. The van der Waals surface area contributed by atoms with Crippen molar-refractivity contribution in [3.05, 3.63) is 28.8 Å². The Hall–Kier alpha value is -1.22. The van der Waals surface area contributed by atoms with Gasteiger partial charge in [-0.15, -0.1) is 0 Å². The van der Waals surface area contributed by atoms with Gasteiger partial charge in [-0.1, -0.05) is 25.4 Å². The lowest BCUT2D eigenvalue weighted by Gasteiger charge is -2.37. The Morgan fingerprint density at radius 1 is 1.33 bits per heavy atom. The maximum atomic E-state index is 7.42. The Balaban J connectivity index is 2.25. The summed E-state index contributed by atoms with van der Waals surface area (Å²) in [5.41, 5.74) is 7.20. The average Bonchev–Trinajstić information content (AvgIpc) is 2.27. The van der Waals surface area contributed by atoms with E-state index in [1.807, 2.05) is 12.1 Å². The molecule has 0 spiro atoms. The summed E-state index contributed by atoms with van der Waals surface area (Å²) in [5.74, 6) is 1.44. The number of amidine groups is 1. The quantitative estimate of drug-likeness (QED) is 0.638. The van der Waals surface area contributed by atoms with E-state index in [-0.39, 0.29) is 5.84 Å². The van der Waals surface area contributed by atoms with Crippen LogP contribution in [0.15, 0.2) is 18.2 Å². The molecule has 0 aromatic heterocycles. The third kappa shape index (κ3) is 2.78. The van der Waals surface area contributed by atoms with Crippen LogP contribution < -0.4 is 10.6 Å². The predicted molar refractivity (Wildman–Crippen MR) is 77.6 cm³/mol. The zero-order valence-corrected chi connectivity index (χ0v) is 11.7. The lowest BCUT2D eigenvalue weighted by atomic mass is 9.91. The minimum absolute atomic E-state index is 0.0591. The fourth-order valence-electron chi connectivity index (χ4n) is 2.79. The van der Waals surface area contributed by atoms with Gasteiger partial charge in [0.15, 0.2) is 0 Å². The van der Waals surface area contributed by atoms with E-state index in [9.17, 15) is 0 Å². The van der Waals surface area contributed by atoms with Crippen LogP contribution in [0.2, 0.25) is 5.02 Å². The molecule has 1 aromatic carbocycles. The molecule has 2 atom stereocenters. The number of piperidine rings is 1. The molecule has 0 aliphatic carbocycles. The third-order valence-electron chi connectivity index (χ3n) is 3.47. The molecule has 1 aromatic rings. The fraction of sp³-hybridized carbons (Fsp3) is 0.500. The van der Waals surface area contributed by atoms with Gasteiger partial charge in [0.1, 0.15) is 5.84 Å². The summed E-state index contributed by atoms with van der Waals surface area (Å²) in [6.07, 6.45) is 1.28. The van der Waals surface area contributed by atoms with E-state index in [1.54, 1.807) is 6.07 Å². The molecule has 0 radical (unpaired) electrons. The number of hydrogen-bond acceptors (Lipinski definition) is 2. The highest BCUT2D eigenvalue weighted by Gasteiger charge is 2.23. The van der Waals surface area contributed by atoms with Crippen LogP contribution in [0.5, 0.6) is 0 Å². The van der Waals surface area contributed by atoms with Crippen LogP contribution in [0, 0.1) is 17.2 Å². The van der Waals surface area contributed by atoms with E-state index in [0.717, 1.165) is 18.8 Å². The van der Waals surface area contributed by atoms with Crippen molar-refractivity contribution in [1.29, 1.82) is 5.41 Å². The first-order chi connectivity index (χ1) is 8.47. The largest absolute Gasteiger partial charge is 0.384 e. The van der Waals surface area contributed by atoms with Crippen molar-refractivity contribution in [2.24, 2.45) is 17.6 Å². The molecule has 1 heterocycles. The Morgan fingerprint density at radius 3 is 2.44 bits per heavy atom. The topological polar surface area (TPSA) is 53.1 Å². The van der Waals surface area contributed by atoms with Gasteiger partial charge < -0.3 is 10.6 Å². The summed E-state index contributed by atoms with van der Waals surface area (Å²) in [7, 11) is 0. The number of halogens is 1. The van der Waals surface area contributed by atoms with Gasteiger partial charge in [-0.25, -0.2) is 0 Å². The van der Waals surface area contributed by atoms with Crippen LogP contribution in [-0.2, 0) is 0 Å². The molecule has 0 amide bonds. The number of nitrogens with two attached hydrogens (primary N) is 1. The summed E-state index contributed by atoms with van der Waals surface area (Å²) in [6, 6.07) is 5.63. The monoisotopic (exact) mass is 265 g/mol. The molecule has 1 fully saturated rings. The van der Waals surface area contributed by atoms with Gasteiger partial charge in [0.05, 0.1) is 10.7 Å². The molecule has 3 N–H and O–H groups in total. The molecule has 2 unspecified atom stereocenters. The first-order valence-electron chi connectivity index (χ1n) is 6.36. The first kappa shape index (κ1) is 13.2. The van der Waals surface area contributed by atoms with E-state index in [2.05, 4.69) is 18.7 Å². The molecule has 98 valence electrons. The van der Waals surface area contributed by atoms with Crippen molar-refractivity contribution in [2.45, 2.75) is 20.3 Å². The third-order valence-corrected chi connectivity index (χ3v) is 3.77. The smallest absolute Gasteiger partial charge is 0.122 e. The Labute approximate surface area is 113 Å². The van der Waals surface area contributed by atoms with Gasteiger partial charge in [-0.3, -0.25) is 5.41 Å². The van der Waals surface area contributed by atoms with Crippen molar-refractivity contribution < 1.29 is 0 Å². The maximum Gasteiger partial charge on any atom is 0.122 e. The van der Waals surface area contributed by atoms with Crippen LogP contribution >= 0.6 is 11.6 Å². The zero-order valence-electron chi connectivity index (χ0n) is 10.9. The van der Waals surface area contributed by atoms with Crippen molar-refractivity contribution in [3.8, 4) is 0 Å². The van der Waals surface area contributed by atoms with Gasteiger partial charge in [-0.05, 0) is 36.5 Å². The standard InChI is InChI=1S/C14H20ClN3/c1-9-5-10(2)8-18(7-9)13-4-3-11(14(16)17)6-12(13)15/h3-4,6,9-10H,5,7-8H2,1-2H3,(H3,16,17). The Kier molecular flexibility index (Phi) is 3.81. The lowest BCUT2D eigenvalue weighted by molar-refractivity contribution is 0.357. The fourth-order valence-corrected chi connectivity index (χ4v) is 3.09. The van der Waals surface area contributed by atoms with E-state index < -0.39 is 0 Å². The van der Waals surface area contributed by atoms with E-state index >= 15 is 0 Å². The van der Waals surface area contributed by atoms with Crippen LogP contribution in [0.3, 0.4) is 0 Å². The Bertz CT molecular complexity index is 448. The van der Waals surface area contributed by atoms with Gasteiger partial charge in [0, 0.05) is 18.7 Å². The number of nitrogen functional groups attached to an aromatic ring is 1. The highest BCUT2D eigenvalue weighted by molar-refractivity contribution is 6.33. The minimum atomic E-state index is 0.0591. The SMILES string of the molecule is CC1CC(C)CN(c2ccc(C(=N)N)cc2Cl)C1. The van der Waals surface area contributed by atoms with Crippen molar-refractivity contribution in [3.63, 3.8) is 0 Å². The van der Waals surface area contributed by atoms with Crippen LogP contribution in [-0.4, -0.2) is 18.9 Å². The highest BCUT2D eigenvalue weighted by Crippen LogP contribution is 2.32. The molecule has 1 aliphatic rings. The Morgan fingerprint density at radius 2 is 1.94 bits per heavy atom. The first-order valence-corrected chi connectivity index (χ1v) is 6.74. The molecule has 0 saturated carbocycles. The maximum absolute atomic E-state index is 7.42. The number of nitrogens with one attached hydrogen (secondary N) is 1. The molecule has 1 aliphatic heterocycles. The second kappa shape index (κ2) is 5.19. The second-order valence-corrected chi connectivity index (χ2v) is 5.84. The molecule has 0 bridgehead atoms. The van der Waals surface area contributed by atoms with E-state index in [4.69, 9.17) is 22.7 Å². The highest BCUT2D eigenvalue weighted by atomic mass is 35.5. The number of rotatable bonds is 2. The van der Waals surface area contributed by atoms with Crippen molar-refractivity contribution >= 4 is 23.1 Å². The van der Waals surface area contributed by atoms with Gasteiger partial charge in [-0.2, -0.15) is 0 Å². The van der Waals surface area contributed by atoms with Gasteiger partial charge in [0.25, 0.3) is 0 Å². The van der Waals surface area contributed by atoms with Crippen LogP contribution in [0.25, 0.3) is 0 Å². The second-order valence-electron chi connectivity index (χ2n) is 5.43. The summed E-state index contributed by atoms with van der Waals surface area (Å²) < 4.78 is 0. The average molecular weight is 266 g/mol. The number of nitrogens with zero attached hydrogens (tertiary/aromatic N) is 1. The van der Waals surface area contributed by atoms with E-state index in [0.29, 0.717) is 22.4 Å². The molecule has 2 rings (SSSR count). The molecule has 3 nitrogen and oxygen atoms in total. The summed E-state index contributed by atoms with van der Waals surface area (Å²) >= 11 is 6.31. The summed E-state index contributed by atoms with van der Waals surface area (Å²) in [5, 5.41) is 8.10. The van der Waals surface area contributed by atoms with Crippen LogP contribution in [0.4, 0.5) is 5.69 Å². The van der Waals surface area contributed by atoms with Gasteiger partial charge >= 0.3 is 0 Å². The summed E-state index contributed by atoms with van der Waals surface area (Å²) in [4.78, 5) is 2.34. The zero-order chi connectivity index (χ0) is 13.3. The molecular weight excluding hydrogens is 246 g/mol. The van der Waals surface area contributed by atoms with Gasteiger partial charge in [0.2, 0.25) is 0 Å². The molecule has 18 heavy (non-hydrogen) atoms. The van der Waals surface area contributed by atoms with Crippen LogP contribution in [0.1, 0.15) is 25.8 Å². The van der Waals surface area contributed by atoms with E-state index in [1.165, 1.54) is 6.42 Å². The molecular formula is C14H20ClN3. The minimum Gasteiger partial charge on any atom is -0.384 e.